The Morgan fingerprint density at radius 2 is 1.62 bits per heavy atom. The van der Waals surface area contributed by atoms with Crippen LogP contribution in [0.15, 0.2) is 36.7 Å². The number of hydrogen-bond acceptors (Lipinski definition) is 6. The van der Waals surface area contributed by atoms with Crippen molar-refractivity contribution in [1.82, 2.24) is 9.97 Å². The summed E-state index contributed by atoms with van der Waals surface area (Å²) >= 11 is 2.26. The van der Waals surface area contributed by atoms with E-state index in [9.17, 15) is 0 Å². The van der Waals surface area contributed by atoms with Crippen molar-refractivity contribution in [2.24, 2.45) is 0 Å². The van der Waals surface area contributed by atoms with E-state index >= 15 is 0 Å². The molecule has 0 aliphatic heterocycles. The molecule has 0 radical (unpaired) electrons. The second kappa shape index (κ2) is 7.08. The Hall–Kier alpha value is -2.29. The molecular weight excluding hydrogens is 421 g/mol. The van der Waals surface area contributed by atoms with Gasteiger partial charge in [0.05, 0.1) is 26.8 Å². The zero-order chi connectivity index (χ0) is 17.1. The predicted molar refractivity (Wildman–Crippen MR) is 102 cm³/mol. The Labute approximate surface area is 153 Å². The molecular formula is C17H16IN3O3. The van der Waals surface area contributed by atoms with Crippen LogP contribution in [0.3, 0.4) is 0 Å². The largest absolute Gasteiger partial charge is 0.493 e. The highest BCUT2D eigenvalue weighted by atomic mass is 127. The van der Waals surface area contributed by atoms with Gasteiger partial charge in [0.25, 0.3) is 0 Å². The third-order valence-electron chi connectivity index (χ3n) is 3.53. The number of hydrogen-bond donors (Lipinski definition) is 1. The van der Waals surface area contributed by atoms with Crippen LogP contribution in [0.5, 0.6) is 17.2 Å². The Morgan fingerprint density at radius 3 is 2.25 bits per heavy atom. The molecule has 0 amide bonds. The maximum Gasteiger partial charge on any atom is 0.203 e. The van der Waals surface area contributed by atoms with E-state index in [1.165, 1.54) is 0 Å². The lowest BCUT2D eigenvalue weighted by Gasteiger charge is -2.15. The van der Waals surface area contributed by atoms with Gasteiger partial charge in [-0.2, -0.15) is 0 Å². The Morgan fingerprint density at radius 1 is 0.917 bits per heavy atom. The summed E-state index contributed by atoms with van der Waals surface area (Å²) in [5.41, 5.74) is 1.66. The molecule has 1 N–H and O–H groups in total. The maximum absolute atomic E-state index is 5.38. The topological polar surface area (TPSA) is 65.5 Å². The van der Waals surface area contributed by atoms with Crippen molar-refractivity contribution < 1.29 is 14.2 Å². The summed E-state index contributed by atoms with van der Waals surface area (Å²) in [4.78, 5) is 8.66. The summed E-state index contributed by atoms with van der Waals surface area (Å²) in [5, 5.41) is 4.23. The lowest BCUT2D eigenvalue weighted by atomic mass is 10.2. The quantitative estimate of drug-likeness (QED) is 0.609. The standard InChI is InChI=1S/C17H16IN3O3/c1-22-14-7-11(8-15(23-2)16(14)24-3)21-17-12-5-4-10(18)6-13(12)19-9-20-17/h4-9H,1-3H3,(H,19,20,21). The lowest BCUT2D eigenvalue weighted by Crippen LogP contribution is -1.99. The highest BCUT2D eigenvalue weighted by Crippen LogP contribution is 2.40. The molecule has 0 aliphatic rings. The van der Waals surface area contributed by atoms with Gasteiger partial charge in [0.15, 0.2) is 11.5 Å². The van der Waals surface area contributed by atoms with E-state index in [1.807, 2.05) is 30.3 Å². The minimum absolute atomic E-state index is 0.549. The number of halogens is 1. The van der Waals surface area contributed by atoms with Crippen molar-refractivity contribution >= 4 is 45.0 Å². The molecule has 24 heavy (non-hydrogen) atoms. The Kier molecular flexibility index (Phi) is 4.89. The lowest BCUT2D eigenvalue weighted by molar-refractivity contribution is 0.324. The molecule has 6 nitrogen and oxygen atoms in total. The van der Waals surface area contributed by atoms with E-state index in [-0.39, 0.29) is 0 Å². The van der Waals surface area contributed by atoms with Crippen LogP contribution in [-0.2, 0) is 0 Å². The first-order chi connectivity index (χ1) is 11.7. The summed E-state index contributed by atoms with van der Waals surface area (Å²) in [5.74, 6) is 2.41. The molecule has 124 valence electrons. The van der Waals surface area contributed by atoms with Crippen LogP contribution in [-0.4, -0.2) is 31.3 Å². The molecule has 0 saturated heterocycles. The van der Waals surface area contributed by atoms with Crippen molar-refractivity contribution in [3.63, 3.8) is 0 Å². The first kappa shape index (κ1) is 16.6. The molecule has 0 saturated carbocycles. The third kappa shape index (κ3) is 3.16. The molecule has 0 bridgehead atoms. The van der Waals surface area contributed by atoms with Gasteiger partial charge in [0.1, 0.15) is 12.1 Å². The van der Waals surface area contributed by atoms with Crippen molar-refractivity contribution in [3.05, 3.63) is 40.2 Å². The zero-order valence-corrected chi connectivity index (χ0v) is 15.6. The smallest absolute Gasteiger partial charge is 0.203 e. The van der Waals surface area contributed by atoms with Crippen LogP contribution in [0.4, 0.5) is 11.5 Å². The second-order valence-corrected chi connectivity index (χ2v) is 6.17. The Bertz CT molecular complexity index is 861. The minimum Gasteiger partial charge on any atom is -0.493 e. The summed E-state index contributed by atoms with van der Waals surface area (Å²) < 4.78 is 17.2. The summed E-state index contributed by atoms with van der Waals surface area (Å²) in [6, 6.07) is 9.70. The first-order valence-corrected chi connectivity index (χ1v) is 8.21. The maximum atomic E-state index is 5.38. The summed E-state index contributed by atoms with van der Waals surface area (Å²) in [6.07, 6.45) is 1.54. The second-order valence-electron chi connectivity index (χ2n) is 4.92. The van der Waals surface area contributed by atoms with Crippen molar-refractivity contribution in [2.45, 2.75) is 0 Å². The number of aromatic nitrogens is 2. The van der Waals surface area contributed by atoms with Crippen LogP contribution in [0.25, 0.3) is 10.9 Å². The molecule has 3 aromatic rings. The molecule has 0 fully saturated rings. The van der Waals surface area contributed by atoms with Crippen molar-refractivity contribution in [3.8, 4) is 17.2 Å². The van der Waals surface area contributed by atoms with Gasteiger partial charge >= 0.3 is 0 Å². The molecule has 1 aromatic heterocycles. The van der Waals surface area contributed by atoms with E-state index in [0.717, 1.165) is 20.2 Å². The molecule has 0 unspecified atom stereocenters. The fraction of sp³-hybridized carbons (Fsp3) is 0.176. The van der Waals surface area contributed by atoms with Gasteiger partial charge in [0.2, 0.25) is 5.75 Å². The van der Waals surface area contributed by atoms with Crippen LogP contribution in [0.1, 0.15) is 0 Å². The summed E-state index contributed by atoms with van der Waals surface area (Å²) in [6.45, 7) is 0. The number of ether oxygens (including phenoxy) is 3. The number of anilines is 2. The van der Waals surface area contributed by atoms with Gasteiger partial charge in [-0.25, -0.2) is 9.97 Å². The van der Waals surface area contributed by atoms with Crippen LogP contribution in [0.2, 0.25) is 0 Å². The van der Waals surface area contributed by atoms with Crippen LogP contribution >= 0.6 is 22.6 Å². The van der Waals surface area contributed by atoms with Crippen molar-refractivity contribution in [1.29, 1.82) is 0 Å². The molecule has 7 heteroatoms. The number of methoxy groups -OCH3 is 3. The number of nitrogens with zero attached hydrogens (tertiary/aromatic N) is 2. The molecule has 1 heterocycles. The highest BCUT2D eigenvalue weighted by Gasteiger charge is 2.14. The SMILES string of the molecule is COc1cc(Nc2ncnc3cc(I)ccc23)cc(OC)c1OC. The van der Waals surface area contributed by atoms with Gasteiger partial charge in [-0.1, -0.05) is 0 Å². The molecule has 0 atom stereocenters. The normalized spacial score (nSPS) is 10.5. The molecule has 3 rings (SSSR count). The number of fused-ring (bicyclic) bond motifs is 1. The number of nitrogens with one attached hydrogen (secondary N) is 1. The molecule has 0 spiro atoms. The van der Waals surface area contributed by atoms with Crippen molar-refractivity contribution in [2.75, 3.05) is 26.6 Å². The molecule has 2 aromatic carbocycles. The van der Waals surface area contributed by atoms with E-state index in [4.69, 9.17) is 14.2 Å². The number of rotatable bonds is 5. The highest BCUT2D eigenvalue weighted by molar-refractivity contribution is 14.1. The fourth-order valence-electron chi connectivity index (χ4n) is 2.42. The van der Waals surface area contributed by atoms with Crippen LogP contribution in [0, 0.1) is 3.57 Å². The monoisotopic (exact) mass is 437 g/mol. The van der Waals surface area contributed by atoms with E-state index in [1.54, 1.807) is 27.7 Å². The van der Waals surface area contributed by atoms with Crippen LogP contribution < -0.4 is 19.5 Å². The molecule has 0 aliphatic carbocycles. The van der Waals surface area contributed by atoms with E-state index in [2.05, 4.69) is 37.9 Å². The van der Waals surface area contributed by atoms with E-state index < -0.39 is 0 Å². The zero-order valence-electron chi connectivity index (χ0n) is 13.5. The average Bonchev–Trinajstić information content (AvgIpc) is 2.60. The fourth-order valence-corrected chi connectivity index (χ4v) is 2.89. The van der Waals surface area contributed by atoms with Gasteiger partial charge in [-0.05, 0) is 40.8 Å². The number of benzene rings is 2. The van der Waals surface area contributed by atoms with Gasteiger partial charge < -0.3 is 19.5 Å². The van der Waals surface area contributed by atoms with E-state index in [0.29, 0.717) is 23.1 Å². The van der Waals surface area contributed by atoms with Gasteiger partial charge in [-0.3, -0.25) is 0 Å². The first-order valence-electron chi connectivity index (χ1n) is 7.13. The predicted octanol–water partition coefficient (Wildman–Crippen LogP) is 4.00. The Balaban J connectivity index is 2.05. The average molecular weight is 437 g/mol. The van der Waals surface area contributed by atoms with Gasteiger partial charge in [-0.15, -0.1) is 0 Å². The minimum atomic E-state index is 0.549. The summed E-state index contributed by atoms with van der Waals surface area (Å²) in [7, 11) is 4.75. The van der Waals surface area contributed by atoms with Gasteiger partial charge in [0, 0.05) is 26.8 Å². The third-order valence-corrected chi connectivity index (χ3v) is 4.20.